The SMILES string of the molecule is CCCCCNC(=O)c1cc(Br)cn1C1CC1. The van der Waals surface area contributed by atoms with Gasteiger partial charge in [0.25, 0.3) is 5.91 Å². The standard InChI is InChI=1S/C13H19BrN2O/c1-2-3-4-7-15-13(17)12-8-10(14)9-16(12)11-5-6-11/h8-9,11H,2-7H2,1H3,(H,15,17). The van der Waals surface area contributed by atoms with Crippen molar-refractivity contribution in [3.8, 4) is 0 Å². The van der Waals surface area contributed by atoms with Gasteiger partial charge in [0.15, 0.2) is 0 Å². The van der Waals surface area contributed by atoms with Gasteiger partial charge in [0.05, 0.1) is 0 Å². The van der Waals surface area contributed by atoms with Crippen molar-refractivity contribution < 1.29 is 4.79 Å². The normalized spacial score (nSPS) is 14.9. The molecule has 1 saturated carbocycles. The Labute approximate surface area is 111 Å². The summed E-state index contributed by atoms with van der Waals surface area (Å²) in [6.07, 6.45) is 7.81. The minimum absolute atomic E-state index is 0.0544. The first-order valence-electron chi connectivity index (χ1n) is 6.38. The van der Waals surface area contributed by atoms with Crippen LogP contribution < -0.4 is 5.32 Å². The van der Waals surface area contributed by atoms with Crippen LogP contribution in [-0.2, 0) is 0 Å². The van der Waals surface area contributed by atoms with E-state index in [9.17, 15) is 4.79 Å². The molecule has 0 unspecified atom stereocenters. The van der Waals surface area contributed by atoms with Gasteiger partial charge in [-0.05, 0) is 41.3 Å². The van der Waals surface area contributed by atoms with Crippen LogP contribution in [0.3, 0.4) is 0 Å². The molecule has 1 amide bonds. The maximum atomic E-state index is 12.0. The summed E-state index contributed by atoms with van der Waals surface area (Å²) < 4.78 is 3.09. The van der Waals surface area contributed by atoms with Gasteiger partial charge in [0, 0.05) is 23.3 Å². The zero-order chi connectivity index (χ0) is 12.3. The van der Waals surface area contributed by atoms with Crippen molar-refractivity contribution >= 4 is 21.8 Å². The second kappa shape index (κ2) is 5.71. The molecule has 0 aromatic carbocycles. The third kappa shape index (κ3) is 3.35. The lowest BCUT2D eigenvalue weighted by Gasteiger charge is -2.08. The number of carbonyl (C=O) groups is 1. The summed E-state index contributed by atoms with van der Waals surface area (Å²) in [4.78, 5) is 12.0. The summed E-state index contributed by atoms with van der Waals surface area (Å²) in [5.74, 6) is 0.0544. The summed E-state index contributed by atoms with van der Waals surface area (Å²) in [6.45, 7) is 2.94. The van der Waals surface area contributed by atoms with Crippen LogP contribution >= 0.6 is 15.9 Å². The smallest absolute Gasteiger partial charge is 0.267 e. The fourth-order valence-electron chi connectivity index (χ4n) is 1.95. The first kappa shape index (κ1) is 12.7. The van der Waals surface area contributed by atoms with Crippen LogP contribution in [0, 0.1) is 0 Å². The highest BCUT2D eigenvalue weighted by Gasteiger charge is 2.27. The molecule has 0 atom stereocenters. The van der Waals surface area contributed by atoms with Crippen molar-refractivity contribution in [3.63, 3.8) is 0 Å². The van der Waals surface area contributed by atoms with Gasteiger partial charge < -0.3 is 9.88 Å². The first-order chi connectivity index (χ1) is 8.22. The second-order valence-corrected chi connectivity index (χ2v) is 5.56. The Morgan fingerprint density at radius 1 is 1.53 bits per heavy atom. The quantitative estimate of drug-likeness (QED) is 0.801. The first-order valence-corrected chi connectivity index (χ1v) is 7.17. The van der Waals surface area contributed by atoms with Gasteiger partial charge in [-0.25, -0.2) is 0 Å². The van der Waals surface area contributed by atoms with Crippen molar-refractivity contribution in [2.45, 2.75) is 45.1 Å². The van der Waals surface area contributed by atoms with Gasteiger partial charge in [-0.3, -0.25) is 4.79 Å². The Bertz CT molecular complexity index is 396. The van der Waals surface area contributed by atoms with E-state index in [4.69, 9.17) is 0 Å². The van der Waals surface area contributed by atoms with Gasteiger partial charge in [0.2, 0.25) is 0 Å². The van der Waals surface area contributed by atoms with Crippen LogP contribution in [-0.4, -0.2) is 17.0 Å². The van der Waals surface area contributed by atoms with Gasteiger partial charge in [-0.2, -0.15) is 0 Å². The fraction of sp³-hybridized carbons (Fsp3) is 0.615. The molecule has 0 saturated heterocycles. The number of halogens is 1. The average Bonchev–Trinajstić information content (AvgIpc) is 3.08. The molecule has 1 N–H and O–H groups in total. The summed E-state index contributed by atoms with van der Waals surface area (Å²) >= 11 is 3.44. The third-order valence-electron chi connectivity index (χ3n) is 3.05. The third-order valence-corrected chi connectivity index (χ3v) is 3.49. The van der Waals surface area contributed by atoms with Crippen molar-refractivity contribution in [1.29, 1.82) is 0 Å². The van der Waals surface area contributed by atoms with Crippen LogP contribution in [0.2, 0.25) is 0 Å². The molecule has 94 valence electrons. The van der Waals surface area contributed by atoms with E-state index >= 15 is 0 Å². The number of hydrogen-bond acceptors (Lipinski definition) is 1. The summed E-state index contributed by atoms with van der Waals surface area (Å²) in [5.41, 5.74) is 0.788. The van der Waals surface area contributed by atoms with Crippen LogP contribution in [0.15, 0.2) is 16.7 Å². The highest BCUT2D eigenvalue weighted by atomic mass is 79.9. The molecule has 17 heavy (non-hydrogen) atoms. The minimum Gasteiger partial charge on any atom is -0.351 e. The molecular weight excluding hydrogens is 280 g/mol. The van der Waals surface area contributed by atoms with Crippen LogP contribution in [0.5, 0.6) is 0 Å². The zero-order valence-corrected chi connectivity index (χ0v) is 11.8. The van der Waals surface area contributed by atoms with Gasteiger partial charge in [-0.1, -0.05) is 19.8 Å². The molecule has 1 aromatic rings. The molecule has 3 nitrogen and oxygen atoms in total. The molecule has 1 heterocycles. The molecule has 4 heteroatoms. The number of rotatable bonds is 6. The van der Waals surface area contributed by atoms with Crippen molar-refractivity contribution in [1.82, 2.24) is 9.88 Å². The molecule has 1 aromatic heterocycles. The van der Waals surface area contributed by atoms with E-state index in [1.807, 2.05) is 12.3 Å². The molecule has 1 aliphatic rings. The van der Waals surface area contributed by atoms with Gasteiger partial charge >= 0.3 is 0 Å². The number of amides is 1. The van der Waals surface area contributed by atoms with Crippen LogP contribution in [0.25, 0.3) is 0 Å². The van der Waals surface area contributed by atoms with E-state index in [-0.39, 0.29) is 5.91 Å². The molecular formula is C13H19BrN2O. The predicted molar refractivity (Wildman–Crippen MR) is 72.3 cm³/mol. The summed E-state index contributed by atoms with van der Waals surface area (Å²) in [5, 5.41) is 2.99. The second-order valence-electron chi connectivity index (χ2n) is 4.65. The largest absolute Gasteiger partial charge is 0.351 e. The van der Waals surface area contributed by atoms with Crippen LogP contribution in [0.1, 0.15) is 55.6 Å². The molecule has 0 spiro atoms. The van der Waals surface area contributed by atoms with Crippen LogP contribution in [0.4, 0.5) is 0 Å². The van der Waals surface area contributed by atoms with E-state index < -0.39 is 0 Å². The molecule has 0 aliphatic heterocycles. The Balaban J connectivity index is 1.93. The number of carbonyl (C=O) groups excluding carboxylic acids is 1. The van der Waals surface area contributed by atoms with Gasteiger partial charge in [-0.15, -0.1) is 0 Å². The Morgan fingerprint density at radius 2 is 2.29 bits per heavy atom. The van der Waals surface area contributed by atoms with E-state index in [1.54, 1.807) is 0 Å². The fourth-order valence-corrected chi connectivity index (χ4v) is 2.39. The Kier molecular flexibility index (Phi) is 4.26. The van der Waals surface area contributed by atoms with E-state index in [0.717, 1.165) is 23.1 Å². The number of hydrogen-bond donors (Lipinski definition) is 1. The number of nitrogens with one attached hydrogen (secondary N) is 1. The molecule has 0 bridgehead atoms. The zero-order valence-electron chi connectivity index (χ0n) is 10.2. The molecule has 2 rings (SSSR count). The number of unbranched alkanes of at least 4 members (excludes halogenated alkanes) is 2. The number of aromatic nitrogens is 1. The molecule has 0 radical (unpaired) electrons. The highest BCUT2D eigenvalue weighted by Crippen LogP contribution is 2.37. The van der Waals surface area contributed by atoms with Gasteiger partial charge in [0.1, 0.15) is 5.69 Å². The topological polar surface area (TPSA) is 34.0 Å². The van der Waals surface area contributed by atoms with Crippen molar-refractivity contribution in [3.05, 3.63) is 22.4 Å². The Hall–Kier alpha value is -0.770. The monoisotopic (exact) mass is 298 g/mol. The number of nitrogens with zero attached hydrogens (tertiary/aromatic N) is 1. The minimum atomic E-state index is 0.0544. The lowest BCUT2D eigenvalue weighted by Crippen LogP contribution is -2.26. The summed E-state index contributed by atoms with van der Waals surface area (Å²) in [7, 11) is 0. The van der Waals surface area contributed by atoms with E-state index in [1.165, 1.54) is 25.7 Å². The lowest BCUT2D eigenvalue weighted by atomic mass is 10.2. The van der Waals surface area contributed by atoms with E-state index in [2.05, 4.69) is 32.7 Å². The maximum absolute atomic E-state index is 12.0. The average molecular weight is 299 g/mol. The van der Waals surface area contributed by atoms with E-state index in [0.29, 0.717) is 6.04 Å². The summed E-state index contributed by atoms with van der Waals surface area (Å²) in [6, 6.07) is 2.45. The molecule has 1 fully saturated rings. The van der Waals surface area contributed by atoms with Crippen molar-refractivity contribution in [2.24, 2.45) is 0 Å². The lowest BCUT2D eigenvalue weighted by molar-refractivity contribution is 0.0943. The Morgan fingerprint density at radius 3 is 2.94 bits per heavy atom. The maximum Gasteiger partial charge on any atom is 0.267 e. The molecule has 1 aliphatic carbocycles. The highest BCUT2D eigenvalue weighted by molar-refractivity contribution is 9.10. The van der Waals surface area contributed by atoms with Crippen molar-refractivity contribution in [2.75, 3.05) is 6.54 Å². The predicted octanol–water partition coefficient (Wildman–Crippen LogP) is 3.51.